The van der Waals surface area contributed by atoms with Crippen molar-refractivity contribution in [1.82, 2.24) is 0 Å². The van der Waals surface area contributed by atoms with Crippen LogP contribution in [-0.2, 0) is 10.2 Å². The van der Waals surface area contributed by atoms with E-state index < -0.39 is 5.41 Å². The smallest absolute Gasteiger partial charge is 0.215 e. The summed E-state index contributed by atoms with van der Waals surface area (Å²) in [6, 6.07) is 0. The molecule has 3 heterocycles. The number of aromatic hydroxyl groups is 1. The SMILES string of the molecule is O=C1C(Br)=CC2(C=CNc3c(O)c4c5c(c32)=[NH+]CCC=5C(Br)=N4)CC1Br. The van der Waals surface area contributed by atoms with Crippen molar-refractivity contribution in [2.45, 2.75) is 23.1 Å². The molecule has 4 aliphatic rings. The molecule has 2 atom stereocenters. The molecule has 0 bridgehead atoms. The van der Waals surface area contributed by atoms with Gasteiger partial charge in [-0.05, 0) is 44.5 Å². The van der Waals surface area contributed by atoms with Gasteiger partial charge in [0.15, 0.2) is 11.5 Å². The first kappa shape index (κ1) is 16.9. The van der Waals surface area contributed by atoms with Crippen LogP contribution >= 0.6 is 47.8 Å². The summed E-state index contributed by atoms with van der Waals surface area (Å²) < 4.78 is 1.33. The molecule has 1 aliphatic carbocycles. The molecular weight excluding hydrogens is 530 g/mol. The Morgan fingerprint density at radius 3 is 2.96 bits per heavy atom. The number of carbonyl (C=O) groups excluding carboxylic acids is 1. The zero-order valence-electron chi connectivity index (χ0n) is 13.4. The van der Waals surface area contributed by atoms with Crippen LogP contribution in [0.25, 0.3) is 5.57 Å². The molecular formula is C18H13Br3N3O2+. The van der Waals surface area contributed by atoms with Gasteiger partial charge in [-0.3, -0.25) is 4.79 Å². The molecule has 1 aromatic carbocycles. The summed E-state index contributed by atoms with van der Waals surface area (Å²) in [6.45, 7) is 0.797. The number of ketones is 1. The number of anilines is 1. The molecule has 3 aliphatic heterocycles. The maximum absolute atomic E-state index is 12.3. The van der Waals surface area contributed by atoms with Gasteiger partial charge in [-0.2, -0.15) is 0 Å². The van der Waals surface area contributed by atoms with Crippen molar-refractivity contribution in [2.24, 2.45) is 4.99 Å². The monoisotopic (exact) mass is 540 g/mol. The third-order valence-corrected chi connectivity index (χ3v) is 7.40. The number of hydrogen-bond donors (Lipinski definition) is 3. The minimum Gasteiger partial charge on any atom is -0.504 e. The van der Waals surface area contributed by atoms with Crippen LogP contribution in [0.2, 0.25) is 0 Å². The van der Waals surface area contributed by atoms with Crippen molar-refractivity contribution in [3.05, 3.63) is 39.0 Å². The van der Waals surface area contributed by atoms with Crippen LogP contribution < -0.4 is 20.9 Å². The van der Waals surface area contributed by atoms with Crippen LogP contribution in [-0.4, -0.2) is 26.9 Å². The van der Waals surface area contributed by atoms with Crippen molar-refractivity contribution < 1.29 is 14.9 Å². The van der Waals surface area contributed by atoms with Crippen molar-refractivity contribution >= 4 is 75.1 Å². The predicted molar refractivity (Wildman–Crippen MR) is 110 cm³/mol. The van der Waals surface area contributed by atoms with E-state index in [-0.39, 0.29) is 16.4 Å². The highest BCUT2D eigenvalue weighted by Crippen LogP contribution is 2.48. The average molecular weight is 543 g/mol. The van der Waals surface area contributed by atoms with Crippen LogP contribution in [0.15, 0.2) is 27.8 Å². The number of allylic oxidation sites excluding steroid dienone is 3. The van der Waals surface area contributed by atoms with Crippen molar-refractivity contribution in [2.75, 3.05) is 11.9 Å². The second-order valence-electron chi connectivity index (χ2n) is 6.80. The highest BCUT2D eigenvalue weighted by atomic mass is 79.9. The summed E-state index contributed by atoms with van der Waals surface area (Å²) in [4.78, 5) is 20.0. The van der Waals surface area contributed by atoms with Crippen LogP contribution in [0.4, 0.5) is 11.4 Å². The number of nitrogens with zero attached hydrogens (tertiary/aromatic N) is 1. The average Bonchev–Trinajstić information content (AvgIpc) is 2.96. The van der Waals surface area contributed by atoms with E-state index in [9.17, 15) is 9.90 Å². The third kappa shape index (κ3) is 2.09. The van der Waals surface area contributed by atoms with Crippen LogP contribution in [0.1, 0.15) is 18.4 Å². The molecule has 26 heavy (non-hydrogen) atoms. The molecule has 0 radical (unpaired) electrons. The molecule has 2 unspecified atom stereocenters. The maximum atomic E-state index is 12.3. The Morgan fingerprint density at radius 2 is 2.19 bits per heavy atom. The van der Waals surface area contributed by atoms with E-state index in [4.69, 9.17) is 0 Å². The van der Waals surface area contributed by atoms with Gasteiger partial charge in [0.1, 0.15) is 16.9 Å². The Balaban J connectivity index is 1.93. The lowest BCUT2D eigenvalue weighted by molar-refractivity contribution is -0.501. The van der Waals surface area contributed by atoms with E-state index in [1.807, 2.05) is 12.3 Å². The molecule has 1 aromatic rings. The van der Waals surface area contributed by atoms with Crippen molar-refractivity contribution in [3.8, 4) is 5.75 Å². The van der Waals surface area contributed by atoms with Gasteiger partial charge in [0.2, 0.25) is 5.36 Å². The van der Waals surface area contributed by atoms with E-state index in [0.29, 0.717) is 22.3 Å². The Morgan fingerprint density at radius 1 is 1.38 bits per heavy atom. The second kappa shape index (κ2) is 5.62. The number of fused-ring (bicyclic) bond motifs is 3. The number of aliphatic imine (C=N–C) groups is 1. The van der Waals surface area contributed by atoms with E-state index >= 15 is 0 Å². The third-order valence-electron chi connectivity index (χ3n) is 5.38. The van der Waals surface area contributed by atoms with Gasteiger partial charge < -0.3 is 10.4 Å². The van der Waals surface area contributed by atoms with Gasteiger partial charge in [0, 0.05) is 17.4 Å². The molecule has 0 fully saturated rings. The summed E-state index contributed by atoms with van der Waals surface area (Å²) in [6.07, 6.45) is 7.26. The van der Waals surface area contributed by atoms with Gasteiger partial charge in [-0.15, -0.1) is 0 Å². The number of Topliss-reactive ketones (excluding diaryl/α,β-unsaturated/α-hetero) is 1. The van der Waals surface area contributed by atoms with Gasteiger partial charge in [0.25, 0.3) is 0 Å². The molecule has 0 saturated carbocycles. The summed E-state index contributed by atoms with van der Waals surface area (Å²) in [5, 5.41) is 16.1. The summed E-state index contributed by atoms with van der Waals surface area (Å²) in [5.41, 5.74) is 2.80. The van der Waals surface area contributed by atoms with Crippen molar-refractivity contribution in [3.63, 3.8) is 0 Å². The van der Waals surface area contributed by atoms with Crippen LogP contribution in [0.3, 0.4) is 0 Å². The lowest BCUT2D eigenvalue weighted by Crippen LogP contribution is -2.83. The van der Waals surface area contributed by atoms with Gasteiger partial charge in [-0.1, -0.05) is 28.1 Å². The summed E-state index contributed by atoms with van der Waals surface area (Å²) >= 11 is 10.5. The number of phenols is 1. The predicted octanol–water partition coefficient (Wildman–Crippen LogP) is 1.28. The Hall–Kier alpha value is -1.25. The van der Waals surface area contributed by atoms with E-state index in [1.165, 1.54) is 0 Å². The zero-order chi connectivity index (χ0) is 18.2. The number of phenolic OH excluding ortho intramolecular Hbond substituents is 1. The van der Waals surface area contributed by atoms with Gasteiger partial charge in [-0.25, -0.2) is 9.98 Å². The number of nitrogens with one attached hydrogen (secondary N) is 2. The first-order valence-electron chi connectivity index (χ1n) is 8.22. The highest BCUT2D eigenvalue weighted by molar-refractivity contribution is 9.18. The zero-order valence-corrected chi connectivity index (χ0v) is 18.1. The molecule has 0 aromatic heterocycles. The molecule has 0 saturated heterocycles. The normalized spacial score (nSPS) is 28.2. The van der Waals surface area contributed by atoms with Gasteiger partial charge in [0.05, 0.1) is 25.8 Å². The number of benzene rings is 1. The molecule has 5 nitrogen and oxygen atoms in total. The fraction of sp³-hybridized carbons (Fsp3) is 0.278. The Labute approximate surface area is 174 Å². The number of rotatable bonds is 0. The number of halogens is 3. The largest absolute Gasteiger partial charge is 0.504 e. The second-order valence-corrected chi connectivity index (χ2v) is 9.51. The fourth-order valence-corrected chi connectivity index (χ4v) is 6.61. The van der Waals surface area contributed by atoms with Crippen LogP contribution in [0, 0.1) is 0 Å². The van der Waals surface area contributed by atoms with E-state index in [2.05, 4.69) is 69.2 Å². The van der Waals surface area contributed by atoms with E-state index in [1.54, 1.807) is 0 Å². The molecule has 5 rings (SSSR count). The number of alkyl halides is 1. The highest BCUT2D eigenvalue weighted by Gasteiger charge is 2.45. The van der Waals surface area contributed by atoms with Gasteiger partial charge >= 0.3 is 0 Å². The topological polar surface area (TPSA) is 75.7 Å². The first-order chi connectivity index (χ1) is 12.4. The molecule has 8 heteroatoms. The molecule has 1 spiro atoms. The minimum absolute atomic E-state index is 0.0365. The Bertz CT molecular complexity index is 1120. The number of hydrogen-bond acceptors (Lipinski definition) is 4. The molecule has 132 valence electrons. The van der Waals surface area contributed by atoms with Crippen molar-refractivity contribution in [1.29, 1.82) is 0 Å². The summed E-state index contributed by atoms with van der Waals surface area (Å²) in [7, 11) is 0. The Kier molecular flexibility index (Phi) is 3.65. The number of carbonyl (C=O) groups is 1. The quantitative estimate of drug-likeness (QED) is 0.341. The lowest BCUT2D eigenvalue weighted by atomic mass is 9.70. The summed E-state index contributed by atoms with van der Waals surface area (Å²) in [5.74, 6) is 0.181. The maximum Gasteiger partial charge on any atom is 0.215 e. The standard InChI is InChI=1S/C18H12Br3N3O2/c19-8-5-18(6-9(20)15(8)25)2-4-23-14-11(18)12-10-7(1-3-22-12)17(21)24-13(10)16(14)26/h2,4-5,9,23,26H,1,3,6H2/p+1. The van der Waals surface area contributed by atoms with Crippen LogP contribution in [0.5, 0.6) is 5.75 Å². The minimum atomic E-state index is -0.506. The molecule has 0 amide bonds. The first-order valence-corrected chi connectivity index (χ1v) is 10.7. The lowest BCUT2D eigenvalue weighted by Gasteiger charge is -2.36. The molecule has 3 N–H and O–H groups in total. The van der Waals surface area contributed by atoms with E-state index in [0.717, 1.165) is 39.3 Å². The fourth-order valence-electron chi connectivity index (χ4n) is 4.26.